The Labute approximate surface area is 184 Å². The molecule has 1 aromatic heterocycles. The molecule has 3 rings (SSSR count). The van der Waals surface area contributed by atoms with E-state index in [1.807, 2.05) is 6.07 Å². The van der Waals surface area contributed by atoms with Gasteiger partial charge in [0.05, 0.1) is 5.56 Å². The largest absolute Gasteiger partial charge is 0.477 e. The summed E-state index contributed by atoms with van der Waals surface area (Å²) in [5.41, 5.74) is 0.146. The molecule has 0 saturated heterocycles. The van der Waals surface area contributed by atoms with Gasteiger partial charge in [-0.05, 0) is 87.0 Å². The maximum absolute atomic E-state index is 12.9. The molecular weight excluding hydrogens is 433 g/mol. The number of benzene rings is 1. The van der Waals surface area contributed by atoms with E-state index in [1.165, 1.54) is 23.5 Å². The lowest BCUT2D eigenvalue weighted by Gasteiger charge is -2.22. The second-order valence-electron chi connectivity index (χ2n) is 8.07. The van der Waals surface area contributed by atoms with Crippen LogP contribution in [0.3, 0.4) is 0 Å². The Balaban J connectivity index is 1.46. The number of alkyl halides is 4. The molecule has 3 atom stereocenters. The number of thiophene rings is 1. The first-order valence-electron chi connectivity index (χ1n) is 10.4. The monoisotopic (exact) mass is 458 g/mol. The number of carboxylic acids is 1. The van der Waals surface area contributed by atoms with Crippen molar-refractivity contribution in [2.45, 2.75) is 62.9 Å². The Morgan fingerprint density at radius 1 is 1.10 bits per heavy atom. The van der Waals surface area contributed by atoms with Gasteiger partial charge < -0.3 is 5.11 Å². The molecule has 0 aliphatic heterocycles. The normalized spacial score (nSPS) is 21.8. The van der Waals surface area contributed by atoms with E-state index in [4.69, 9.17) is 16.7 Å². The Morgan fingerprint density at radius 3 is 2.57 bits per heavy atom. The van der Waals surface area contributed by atoms with Gasteiger partial charge in [-0.3, -0.25) is 0 Å². The van der Waals surface area contributed by atoms with Gasteiger partial charge in [-0.15, -0.1) is 22.9 Å². The van der Waals surface area contributed by atoms with Crippen LogP contribution in [-0.2, 0) is 19.0 Å². The number of hydrogen-bond acceptors (Lipinski definition) is 2. The third-order valence-corrected chi connectivity index (χ3v) is 7.69. The lowest BCUT2D eigenvalue weighted by molar-refractivity contribution is -0.137. The minimum atomic E-state index is -4.30. The molecule has 0 spiro atoms. The van der Waals surface area contributed by atoms with E-state index in [-0.39, 0.29) is 5.38 Å². The van der Waals surface area contributed by atoms with Crippen LogP contribution >= 0.6 is 22.9 Å². The summed E-state index contributed by atoms with van der Waals surface area (Å²) in [4.78, 5) is 12.4. The van der Waals surface area contributed by atoms with E-state index in [0.29, 0.717) is 23.1 Å². The molecule has 0 amide bonds. The van der Waals surface area contributed by atoms with Gasteiger partial charge in [0.15, 0.2) is 0 Å². The predicted molar refractivity (Wildman–Crippen MR) is 114 cm³/mol. The molecule has 0 unspecified atom stereocenters. The fourth-order valence-electron chi connectivity index (χ4n) is 4.48. The van der Waals surface area contributed by atoms with Crippen molar-refractivity contribution < 1.29 is 23.1 Å². The van der Waals surface area contributed by atoms with Crippen LogP contribution in [-0.4, -0.2) is 16.5 Å². The zero-order chi connectivity index (χ0) is 21.7. The second-order valence-corrected chi connectivity index (χ2v) is 9.80. The Kier molecular flexibility index (Phi) is 7.86. The summed E-state index contributed by atoms with van der Waals surface area (Å²) in [6.45, 7) is 0. The van der Waals surface area contributed by atoms with Crippen molar-refractivity contribution in [3.63, 3.8) is 0 Å². The van der Waals surface area contributed by atoms with Crippen LogP contribution in [0.5, 0.6) is 0 Å². The third-order valence-electron chi connectivity index (χ3n) is 6.01. The highest BCUT2D eigenvalue weighted by molar-refractivity contribution is 7.13. The number of halogens is 4. The first kappa shape index (κ1) is 23.1. The van der Waals surface area contributed by atoms with Gasteiger partial charge in [-0.2, -0.15) is 13.2 Å². The summed E-state index contributed by atoms with van der Waals surface area (Å²) < 4.78 is 38.6. The van der Waals surface area contributed by atoms with Gasteiger partial charge in [-0.25, -0.2) is 4.79 Å². The van der Waals surface area contributed by atoms with Gasteiger partial charge >= 0.3 is 12.1 Å². The molecule has 1 aliphatic rings. The topological polar surface area (TPSA) is 37.3 Å². The van der Waals surface area contributed by atoms with Gasteiger partial charge in [0.2, 0.25) is 0 Å². The molecule has 1 fully saturated rings. The highest BCUT2D eigenvalue weighted by Gasteiger charge is 2.34. The van der Waals surface area contributed by atoms with Crippen molar-refractivity contribution in [3.8, 4) is 0 Å². The van der Waals surface area contributed by atoms with E-state index in [1.54, 1.807) is 12.1 Å². The predicted octanol–water partition coefficient (Wildman–Crippen LogP) is 7.44. The number of aryl methyl sites for hydroxylation is 2. The first-order valence-corrected chi connectivity index (χ1v) is 11.6. The maximum atomic E-state index is 12.9. The van der Waals surface area contributed by atoms with Crippen LogP contribution < -0.4 is 0 Å². The highest BCUT2D eigenvalue weighted by atomic mass is 35.5. The van der Waals surface area contributed by atoms with Crippen molar-refractivity contribution in [1.29, 1.82) is 0 Å². The lowest BCUT2D eigenvalue weighted by atomic mass is 9.86. The molecule has 0 bridgehead atoms. The number of aromatic carboxylic acids is 1. The van der Waals surface area contributed by atoms with E-state index in [0.717, 1.165) is 61.5 Å². The van der Waals surface area contributed by atoms with Crippen molar-refractivity contribution in [2.75, 3.05) is 0 Å². The number of carbonyl (C=O) groups is 1. The number of hydrogen-bond donors (Lipinski definition) is 1. The molecule has 2 aromatic rings. The Morgan fingerprint density at radius 2 is 1.87 bits per heavy atom. The lowest BCUT2D eigenvalue weighted by Crippen LogP contribution is -2.16. The molecule has 1 aromatic carbocycles. The van der Waals surface area contributed by atoms with E-state index >= 15 is 0 Å². The fraction of sp³-hybridized carbons (Fsp3) is 0.522. The summed E-state index contributed by atoms with van der Waals surface area (Å²) in [6, 6.07) is 9.14. The average molecular weight is 459 g/mol. The molecular formula is C23H26ClF3O2S. The third kappa shape index (κ3) is 6.24. The van der Waals surface area contributed by atoms with Crippen LogP contribution in [0.1, 0.15) is 64.2 Å². The molecule has 164 valence electrons. The summed E-state index contributed by atoms with van der Waals surface area (Å²) in [7, 11) is 0. The zero-order valence-corrected chi connectivity index (χ0v) is 18.2. The second kappa shape index (κ2) is 10.2. The quantitative estimate of drug-likeness (QED) is 0.396. The van der Waals surface area contributed by atoms with Crippen LogP contribution in [0.2, 0.25) is 0 Å². The summed E-state index contributed by atoms with van der Waals surface area (Å²) in [6.07, 6.45) is 3.08. The van der Waals surface area contributed by atoms with Crippen LogP contribution in [0, 0.1) is 11.8 Å². The van der Waals surface area contributed by atoms with Gasteiger partial charge in [0, 0.05) is 10.3 Å². The van der Waals surface area contributed by atoms with E-state index in [9.17, 15) is 18.0 Å². The number of carboxylic acid groups (broad SMARTS) is 1. The van der Waals surface area contributed by atoms with Crippen molar-refractivity contribution >= 4 is 28.9 Å². The molecule has 1 aliphatic carbocycles. The Hall–Kier alpha value is -1.53. The molecule has 2 nitrogen and oxygen atoms in total. The van der Waals surface area contributed by atoms with Crippen LogP contribution in [0.4, 0.5) is 13.2 Å². The number of rotatable bonds is 9. The van der Waals surface area contributed by atoms with Gasteiger partial charge in [0.1, 0.15) is 4.88 Å². The molecule has 30 heavy (non-hydrogen) atoms. The van der Waals surface area contributed by atoms with Crippen LogP contribution in [0.25, 0.3) is 0 Å². The van der Waals surface area contributed by atoms with E-state index in [2.05, 4.69) is 0 Å². The summed E-state index contributed by atoms with van der Waals surface area (Å²) in [5, 5.41) is 9.18. The molecule has 1 saturated carbocycles. The van der Waals surface area contributed by atoms with Gasteiger partial charge in [0.25, 0.3) is 0 Å². The van der Waals surface area contributed by atoms with Gasteiger partial charge in [-0.1, -0.05) is 18.2 Å². The molecule has 1 N–H and O–H groups in total. The standard InChI is InChI=1S/C23H26ClF3O2S/c24-20-12-10-16(6-1-4-15-5-2-7-17(14-15)23(25,26)27)19(20)9-3-8-18-11-13-21(30-18)22(28)29/h2,5,7,11,13-14,16,19-20H,1,3-4,6,8-10,12H2,(H,28,29)/t16-,19+,20+/m0/s1. The van der Waals surface area contributed by atoms with Crippen molar-refractivity contribution in [2.24, 2.45) is 11.8 Å². The minimum absolute atomic E-state index is 0.154. The Bertz CT molecular complexity index is 849. The van der Waals surface area contributed by atoms with E-state index < -0.39 is 17.7 Å². The van der Waals surface area contributed by atoms with Crippen molar-refractivity contribution in [3.05, 3.63) is 57.3 Å². The first-order chi connectivity index (χ1) is 14.2. The maximum Gasteiger partial charge on any atom is 0.416 e. The SMILES string of the molecule is O=C(O)c1ccc(CCC[C@@H]2[C@@H](CCCc3cccc(C(F)(F)F)c3)CC[C@H]2Cl)s1. The van der Waals surface area contributed by atoms with Crippen LogP contribution in [0.15, 0.2) is 36.4 Å². The molecule has 1 heterocycles. The highest BCUT2D eigenvalue weighted by Crippen LogP contribution is 2.41. The zero-order valence-electron chi connectivity index (χ0n) is 16.6. The average Bonchev–Trinajstić information content (AvgIpc) is 3.30. The summed E-state index contributed by atoms with van der Waals surface area (Å²) in [5.74, 6) is 0.0481. The van der Waals surface area contributed by atoms with Crippen molar-refractivity contribution in [1.82, 2.24) is 0 Å². The minimum Gasteiger partial charge on any atom is -0.477 e. The smallest absolute Gasteiger partial charge is 0.416 e. The molecule has 7 heteroatoms. The summed E-state index contributed by atoms with van der Waals surface area (Å²) >= 11 is 7.89. The molecule has 0 radical (unpaired) electrons. The fourth-order valence-corrected chi connectivity index (χ4v) is 5.83.